The summed E-state index contributed by atoms with van der Waals surface area (Å²) >= 11 is 0. The van der Waals surface area contributed by atoms with Gasteiger partial charge in [-0.25, -0.2) is 4.79 Å². The van der Waals surface area contributed by atoms with E-state index in [1.54, 1.807) is 36.5 Å². The van der Waals surface area contributed by atoms with Crippen LogP contribution in [0.4, 0.5) is 0 Å². The molecule has 0 unspecified atom stereocenters. The van der Waals surface area contributed by atoms with Crippen LogP contribution in [0.25, 0.3) is 6.08 Å². The van der Waals surface area contributed by atoms with Crippen LogP contribution >= 0.6 is 0 Å². The number of ketones is 1. The molecule has 0 bridgehead atoms. The number of pyridine rings is 1. The van der Waals surface area contributed by atoms with Crippen molar-refractivity contribution >= 4 is 17.8 Å². The summed E-state index contributed by atoms with van der Waals surface area (Å²) in [6, 6.07) is 9.84. The fourth-order valence-electron chi connectivity index (χ4n) is 1.61. The maximum atomic E-state index is 11.8. The quantitative estimate of drug-likeness (QED) is 0.672. The maximum Gasteiger partial charge on any atom is 0.336 e. The van der Waals surface area contributed by atoms with E-state index in [9.17, 15) is 9.59 Å². The third-order valence-corrected chi connectivity index (χ3v) is 2.55. The second-order valence-electron chi connectivity index (χ2n) is 3.83. The summed E-state index contributed by atoms with van der Waals surface area (Å²) in [5.74, 6) is -1.23. The highest BCUT2D eigenvalue weighted by atomic mass is 16.4. The fraction of sp³-hybridized carbons (Fsp3) is 0. The predicted octanol–water partition coefficient (Wildman–Crippen LogP) is 2.68. The van der Waals surface area contributed by atoms with Crippen molar-refractivity contribution in [1.82, 2.24) is 4.98 Å². The normalized spacial score (nSPS) is 10.5. The molecule has 1 aromatic heterocycles. The first-order valence-corrected chi connectivity index (χ1v) is 5.63. The average molecular weight is 253 g/mol. The van der Waals surface area contributed by atoms with Crippen LogP contribution in [0, 0.1) is 0 Å². The Bertz CT molecular complexity index is 633. The van der Waals surface area contributed by atoms with Crippen molar-refractivity contribution in [3.05, 3.63) is 71.6 Å². The monoisotopic (exact) mass is 253 g/mol. The zero-order valence-corrected chi connectivity index (χ0v) is 9.98. The number of benzene rings is 1. The number of aromatic carboxylic acids is 1. The molecule has 0 fully saturated rings. The second kappa shape index (κ2) is 5.73. The second-order valence-corrected chi connectivity index (χ2v) is 3.83. The Morgan fingerprint density at radius 2 is 1.89 bits per heavy atom. The lowest BCUT2D eigenvalue weighted by atomic mass is 10.1. The van der Waals surface area contributed by atoms with Gasteiger partial charge in [0.25, 0.3) is 0 Å². The van der Waals surface area contributed by atoms with Gasteiger partial charge in [0.2, 0.25) is 0 Å². The highest BCUT2D eigenvalue weighted by Crippen LogP contribution is 2.11. The van der Waals surface area contributed by atoms with Crippen molar-refractivity contribution in [2.45, 2.75) is 0 Å². The van der Waals surface area contributed by atoms with Gasteiger partial charge in [0.05, 0.1) is 5.56 Å². The van der Waals surface area contributed by atoms with E-state index in [1.165, 1.54) is 24.4 Å². The van der Waals surface area contributed by atoms with Gasteiger partial charge in [0.15, 0.2) is 5.78 Å². The van der Waals surface area contributed by atoms with E-state index < -0.39 is 5.97 Å². The van der Waals surface area contributed by atoms with Crippen molar-refractivity contribution in [2.75, 3.05) is 0 Å². The minimum Gasteiger partial charge on any atom is -0.478 e. The number of allylic oxidation sites excluding steroid dienone is 1. The van der Waals surface area contributed by atoms with Gasteiger partial charge < -0.3 is 5.11 Å². The van der Waals surface area contributed by atoms with Gasteiger partial charge >= 0.3 is 5.97 Å². The third-order valence-electron chi connectivity index (χ3n) is 2.55. The van der Waals surface area contributed by atoms with Gasteiger partial charge in [0, 0.05) is 18.0 Å². The molecule has 0 radical (unpaired) electrons. The fourth-order valence-corrected chi connectivity index (χ4v) is 1.61. The molecule has 2 rings (SSSR count). The van der Waals surface area contributed by atoms with Crippen LogP contribution in [0.3, 0.4) is 0 Å². The molecule has 1 aromatic carbocycles. The third kappa shape index (κ3) is 3.13. The number of rotatable bonds is 4. The summed E-state index contributed by atoms with van der Waals surface area (Å²) in [5.41, 5.74) is 1.12. The molecule has 1 heterocycles. The van der Waals surface area contributed by atoms with Crippen molar-refractivity contribution in [1.29, 1.82) is 0 Å². The van der Waals surface area contributed by atoms with Gasteiger partial charge in [-0.05, 0) is 29.8 Å². The first kappa shape index (κ1) is 12.7. The van der Waals surface area contributed by atoms with Gasteiger partial charge in [0.1, 0.15) is 0 Å². The number of carboxylic acid groups (broad SMARTS) is 1. The lowest BCUT2D eigenvalue weighted by molar-refractivity contribution is 0.0696. The summed E-state index contributed by atoms with van der Waals surface area (Å²) in [6.45, 7) is 0. The molecule has 1 N–H and O–H groups in total. The van der Waals surface area contributed by atoms with Gasteiger partial charge in [-0.15, -0.1) is 0 Å². The van der Waals surface area contributed by atoms with Gasteiger partial charge in [-0.2, -0.15) is 0 Å². The molecular weight excluding hydrogens is 242 g/mol. The molecule has 2 aromatic rings. The topological polar surface area (TPSA) is 67.3 Å². The molecule has 0 saturated carbocycles. The van der Waals surface area contributed by atoms with Crippen LogP contribution in [0.1, 0.15) is 26.3 Å². The average Bonchev–Trinajstić information content (AvgIpc) is 2.46. The summed E-state index contributed by atoms with van der Waals surface area (Å²) < 4.78 is 0. The molecule has 0 aliphatic heterocycles. The lowest BCUT2D eigenvalue weighted by Crippen LogP contribution is -1.99. The van der Waals surface area contributed by atoms with Crippen LogP contribution in [0.15, 0.2) is 54.9 Å². The Morgan fingerprint density at radius 3 is 2.58 bits per heavy atom. The molecule has 0 amide bonds. The zero-order valence-electron chi connectivity index (χ0n) is 9.98. The highest BCUT2D eigenvalue weighted by Gasteiger charge is 2.07. The van der Waals surface area contributed by atoms with Crippen molar-refractivity contribution in [2.24, 2.45) is 0 Å². The molecule has 19 heavy (non-hydrogen) atoms. The Labute approximate surface area is 110 Å². The van der Waals surface area contributed by atoms with Gasteiger partial charge in [-0.1, -0.05) is 24.3 Å². The molecule has 0 aliphatic carbocycles. The Balaban J connectivity index is 2.24. The number of hydrogen-bond donors (Lipinski definition) is 1. The van der Waals surface area contributed by atoms with E-state index in [-0.39, 0.29) is 11.3 Å². The zero-order chi connectivity index (χ0) is 13.7. The first-order chi connectivity index (χ1) is 9.18. The summed E-state index contributed by atoms with van der Waals surface area (Å²) in [4.78, 5) is 26.7. The molecule has 0 aliphatic rings. The minimum atomic E-state index is -1.02. The van der Waals surface area contributed by atoms with Crippen molar-refractivity contribution < 1.29 is 14.7 Å². The van der Waals surface area contributed by atoms with E-state index in [2.05, 4.69) is 4.98 Å². The molecule has 0 saturated heterocycles. The molecule has 0 atom stereocenters. The number of hydrogen-bond acceptors (Lipinski definition) is 3. The standard InChI is InChI=1S/C15H11NO3/c17-14(12-5-3-9-16-10-12)8-7-11-4-1-2-6-13(11)15(18)19/h1-10H,(H,18,19)/b8-7+. The smallest absolute Gasteiger partial charge is 0.336 e. The molecule has 94 valence electrons. The molecule has 0 spiro atoms. The predicted molar refractivity (Wildman–Crippen MR) is 71.0 cm³/mol. The summed E-state index contributed by atoms with van der Waals surface area (Å²) in [6.07, 6.45) is 5.90. The van der Waals surface area contributed by atoms with E-state index in [0.29, 0.717) is 11.1 Å². The van der Waals surface area contributed by atoms with Crippen molar-refractivity contribution in [3.8, 4) is 0 Å². The molecular formula is C15H11NO3. The Morgan fingerprint density at radius 1 is 1.11 bits per heavy atom. The number of aromatic nitrogens is 1. The lowest BCUT2D eigenvalue weighted by Gasteiger charge is -1.99. The Kier molecular flexibility index (Phi) is 3.83. The summed E-state index contributed by atoms with van der Waals surface area (Å²) in [7, 11) is 0. The highest BCUT2D eigenvalue weighted by molar-refractivity contribution is 6.07. The van der Waals surface area contributed by atoms with E-state index in [1.807, 2.05) is 0 Å². The number of carboxylic acids is 1. The number of nitrogens with zero attached hydrogens (tertiary/aromatic N) is 1. The Hall–Kier alpha value is -2.75. The first-order valence-electron chi connectivity index (χ1n) is 5.63. The van der Waals surface area contributed by atoms with Crippen LogP contribution in [0.5, 0.6) is 0 Å². The van der Waals surface area contributed by atoms with Crippen LogP contribution in [-0.4, -0.2) is 21.8 Å². The van der Waals surface area contributed by atoms with Crippen LogP contribution < -0.4 is 0 Å². The van der Waals surface area contributed by atoms with Crippen LogP contribution in [-0.2, 0) is 0 Å². The van der Waals surface area contributed by atoms with Crippen molar-refractivity contribution in [3.63, 3.8) is 0 Å². The number of carbonyl (C=O) groups excluding carboxylic acids is 1. The van der Waals surface area contributed by atoms with E-state index in [4.69, 9.17) is 5.11 Å². The number of carbonyl (C=O) groups is 2. The maximum absolute atomic E-state index is 11.8. The SMILES string of the molecule is O=C(/C=C/c1ccccc1C(=O)O)c1cccnc1. The molecule has 4 nitrogen and oxygen atoms in total. The molecule has 4 heteroatoms. The largest absolute Gasteiger partial charge is 0.478 e. The summed E-state index contributed by atoms with van der Waals surface area (Å²) in [5, 5.41) is 9.02. The van der Waals surface area contributed by atoms with E-state index in [0.717, 1.165) is 0 Å². The van der Waals surface area contributed by atoms with E-state index >= 15 is 0 Å². The van der Waals surface area contributed by atoms with Crippen LogP contribution in [0.2, 0.25) is 0 Å². The van der Waals surface area contributed by atoms with Gasteiger partial charge in [-0.3, -0.25) is 9.78 Å². The minimum absolute atomic E-state index is 0.165.